The Balaban J connectivity index is 1.87. The van der Waals surface area contributed by atoms with Crippen molar-refractivity contribution >= 4 is 0 Å². The second-order valence-corrected chi connectivity index (χ2v) is 5.74. The van der Waals surface area contributed by atoms with E-state index in [1.807, 2.05) is 0 Å². The molecule has 2 N–H and O–H groups in total. The van der Waals surface area contributed by atoms with Crippen LogP contribution in [0.15, 0.2) is 30.3 Å². The molecule has 3 heteroatoms. The highest BCUT2D eigenvalue weighted by atomic mass is 16.5. The Kier molecular flexibility index (Phi) is 6.51. The zero-order chi connectivity index (χ0) is 14.2. The monoisotopic (exact) mass is 276 g/mol. The van der Waals surface area contributed by atoms with Crippen LogP contribution < -0.4 is 5.73 Å². The largest absolute Gasteiger partial charge is 0.377 e. The summed E-state index contributed by atoms with van der Waals surface area (Å²) in [5.74, 6) is 0.432. The molecule has 1 fully saturated rings. The van der Waals surface area contributed by atoms with Crippen LogP contribution in [0.25, 0.3) is 0 Å². The third-order valence-corrected chi connectivity index (χ3v) is 4.05. The Bertz CT molecular complexity index is 369. The molecule has 2 rings (SSSR count). The number of hydrogen-bond acceptors (Lipinski definition) is 3. The van der Waals surface area contributed by atoms with Gasteiger partial charge in [-0.15, -0.1) is 0 Å². The molecule has 0 aliphatic carbocycles. The van der Waals surface area contributed by atoms with Gasteiger partial charge in [-0.05, 0) is 31.4 Å². The molecular formula is C17H28N2O. The zero-order valence-corrected chi connectivity index (χ0v) is 12.6. The van der Waals surface area contributed by atoms with Gasteiger partial charge in [0.05, 0.1) is 6.10 Å². The van der Waals surface area contributed by atoms with E-state index in [1.54, 1.807) is 0 Å². The Morgan fingerprint density at radius 1 is 1.35 bits per heavy atom. The smallest absolute Gasteiger partial charge is 0.0702 e. The third kappa shape index (κ3) is 4.58. The summed E-state index contributed by atoms with van der Waals surface area (Å²) in [6, 6.07) is 10.6. The van der Waals surface area contributed by atoms with Crippen LogP contribution in [0.1, 0.15) is 37.7 Å². The van der Waals surface area contributed by atoms with Crippen LogP contribution >= 0.6 is 0 Å². The fraction of sp³-hybridized carbons (Fsp3) is 0.647. The van der Waals surface area contributed by atoms with Crippen molar-refractivity contribution in [2.45, 2.75) is 38.2 Å². The molecule has 0 spiro atoms. The van der Waals surface area contributed by atoms with Crippen molar-refractivity contribution in [2.75, 3.05) is 32.8 Å². The van der Waals surface area contributed by atoms with Crippen molar-refractivity contribution in [3.8, 4) is 0 Å². The van der Waals surface area contributed by atoms with Crippen LogP contribution in [-0.2, 0) is 4.74 Å². The van der Waals surface area contributed by atoms with Crippen LogP contribution in [0, 0.1) is 0 Å². The summed E-state index contributed by atoms with van der Waals surface area (Å²) in [7, 11) is 0. The molecule has 0 radical (unpaired) electrons. The van der Waals surface area contributed by atoms with Crippen LogP contribution in [0.4, 0.5) is 0 Å². The van der Waals surface area contributed by atoms with Gasteiger partial charge in [-0.25, -0.2) is 0 Å². The van der Waals surface area contributed by atoms with Crippen molar-refractivity contribution in [3.05, 3.63) is 35.9 Å². The van der Waals surface area contributed by atoms with Crippen molar-refractivity contribution in [1.29, 1.82) is 0 Å². The second kappa shape index (κ2) is 8.40. The molecule has 0 aromatic heterocycles. The third-order valence-electron chi connectivity index (χ3n) is 4.05. The fourth-order valence-corrected chi connectivity index (χ4v) is 2.95. The van der Waals surface area contributed by atoms with Crippen LogP contribution in [0.5, 0.6) is 0 Å². The van der Waals surface area contributed by atoms with E-state index in [0.717, 1.165) is 26.1 Å². The summed E-state index contributed by atoms with van der Waals surface area (Å²) in [5.41, 5.74) is 7.33. The number of rotatable bonds is 7. The van der Waals surface area contributed by atoms with Crippen LogP contribution in [0.3, 0.4) is 0 Å². The number of piperidine rings is 1. The second-order valence-electron chi connectivity index (χ2n) is 5.74. The van der Waals surface area contributed by atoms with Gasteiger partial charge >= 0.3 is 0 Å². The Hall–Kier alpha value is -0.900. The van der Waals surface area contributed by atoms with E-state index >= 15 is 0 Å². The number of benzene rings is 1. The van der Waals surface area contributed by atoms with Gasteiger partial charge in [0.2, 0.25) is 0 Å². The molecule has 1 heterocycles. The lowest BCUT2D eigenvalue weighted by Crippen LogP contribution is -2.42. The van der Waals surface area contributed by atoms with Gasteiger partial charge in [0.1, 0.15) is 0 Å². The van der Waals surface area contributed by atoms with E-state index in [9.17, 15) is 0 Å². The number of nitrogens with two attached hydrogens (primary N) is 1. The average molecular weight is 276 g/mol. The van der Waals surface area contributed by atoms with Gasteiger partial charge in [0, 0.05) is 32.2 Å². The summed E-state index contributed by atoms with van der Waals surface area (Å²) in [6.45, 7) is 7.05. The maximum Gasteiger partial charge on any atom is 0.0702 e. The highest BCUT2D eigenvalue weighted by Gasteiger charge is 2.22. The number of hydrogen-bond donors (Lipinski definition) is 1. The first-order valence-corrected chi connectivity index (χ1v) is 7.92. The first-order valence-electron chi connectivity index (χ1n) is 7.92. The van der Waals surface area contributed by atoms with Crippen LogP contribution in [-0.4, -0.2) is 43.8 Å². The van der Waals surface area contributed by atoms with E-state index in [1.165, 1.54) is 24.9 Å². The van der Waals surface area contributed by atoms with Gasteiger partial charge in [-0.1, -0.05) is 37.3 Å². The summed E-state index contributed by atoms with van der Waals surface area (Å²) in [5, 5.41) is 0. The molecule has 0 amide bonds. The molecule has 0 bridgehead atoms. The minimum absolute atomic E-state index is 0.415. The van der Waals surface area contributed by atoms with Gasteiger partial charge < -0.3 is 15.4 Å². The molecule has 2 unspecified atom stereocenters. The molecular weight excluding hydrogens is 248 g/mol. The number of nitrogens with zero attached hydrogens (tertiary/aromatic N) is 1. The Labute approximate surface area is 123 Å². The molecule has 1 aromatic carbocycles. The van der Waals surface area contributed by atoms with E-state index in [-0.39, 0.29) is 0 Å². The topological polar surface area (TPSA) is 38.5 Å². The Morgan fingerprint density at radius 2 is 2.15 bits per heavy atom. The van der Waals surface area contributed by atoms with E-state index in [4.69, 9.17) is 10.5 Å². The van der Waals surface area contributed by atoms with Crippen LogP contribution in [0.2, 0.25) is 0 Å². The predicted octanol–water partition coefficient (Wildman–Crippen LogP) is 2.62. The maximum atomic E-state index is 5.98. The summed E-state index contributed by atoms with van der Waals surface area (Å²) < 4.78 is 5.91. The number of ether oxygens (including phenoxy) is 1. The molecule has 2 atom stereocenters. The molecule has 1 aliphatic rings. The SMILES string of the molecule is CCCOC1CCCN(CC(CN)c2ccccc2)C1. The number of likely N-dealkylation sites (tertiary alicyclic amines) is 1. The summed E-state index contributed by atoms with van der Waals surface area (Å²) in [4.78, 5) is 2.52. The predicted molar refractivity (Wildman–Crippen MR) is 83.9 cm³/mol. The zero-order valence-electron chi connectivity index (χ0n) is 12.6. The van der Waals surface area contributed by atoms with E-state index in [0.29, 0.717) is 18.6 Å². The average Bonchev–Trinajstić information content (AvgIpc) is 2.52. The normalized spacial score (nSPS) is 21.8. The molecule has 20 heavy (non-hydrogen) atoms. The summed E-state index contributed by atoms with van der Waals surface area (Å²) >= 11 is 0. The first-order chi connectivity index (χ1) is 9.83. The highest BCUT2D eigenvalue weighted by Crippen LogP contribution is 2.20. The lowest BCUT2D eigenvalue weighted by molar-refractivity contribution is -0.00133. The van der Waals surface area contributed by atoms with Gasteiger partial charge in [0.15, 0.2) is 0 Å². The molecule has 1 saturated heterocycles. The van der Waals surface area contributed by atoms with Gasteiger partial charge in [-0.2, -0.15) is 0 Å². The Morgan fingerprint density at radius 3 is 2.85 bits per heavy atom. The van der Waals surface area contributed by atoms with E-state index in [2.05, 4.69) is 42.2 Å². The first kappa shape index (κ1) is 15.5. The lowest BCUT2D eigenvalue weighted by atomic mass is 9.97. The maximum absolute atomic E-state index is 5.98. The van der Waals surface area contributed by atoms with E-state index < -0.39 is 0 Å². The molecule has 1 aromatic rings. The minimum Gasteiger partial charge on any atom is -0.377 e. The highest BCUT2D eigenvalue weighted by molar-refractivity contribution is 5.20. The molecule has 0 saturated carbocycles. The van der Waals surface area contributed by atoms with Crippen molar-refractivity contribution in [2.24, 2.45) is 5.73 Å². The summed E-state index contributed by atoms with van der Waals surface area (Å²) in [6.07, 6.45) is 3.96. The molecule has 1 aliphatic heterocycles. The standard InChI is InChI=1S/C17H28N2O/c1-2-11-20-17-9-6-10-19(14-17)13-16(12-18)15-7-4-3-5-8-15/h3-5,7-8,16-17H,2,6,9-14,18H2,1H3. The van der Waals surface area contributed by atoms with Gasteiger partial charge in [-0.3, -0.25) is 0 Å². The fourth-order valence-electron chi connectivity index (χ4n) is 2.95. The van der Waals surface area contributed by atoms with Gasteiger partial charge in [0.25, 0.3) is 0 Å². The van der Waals surface area contributed by atoms with Crippen molar-refractivity contribution in [1.82, 2.24) is 4.90 Å². The molecule has 112 valence electrons. The minimum atomic E-state index is 0.415. The quantitative estimate of drug-likeness (QED) is 0.832. The molecule has 3 nitrogen and oxygen atoms in total. The lowest BCUT2D eigenvalue weighted by Gasteiger charge is -2.34. The van der Waals surface area contributed by atoms with Crippen molar-refractivity contribution < 1.29 is 4.74 Å². The van der Waals surface area contributed by atoms with Crippen molar-refractivity contribution in [3.63, 3.8) is 0 Å².